The third-order valence-corrected chi connectivity index (χ3v) is 7.26. The third kappa shape index (κ3) is 7.06. The molecule has 0 bridgehead atoms. The van der Waals surface area contributed by atoms with Gasteiger partial charge in [0.15, 0.2) is 0 Å². The molecule has 2 atom stereocenters. The summed E-state index contributed by atoms with van der Waals surface area (Å²) in [5, 5.41) is 8.94. The van der Waals surface area contributed by atoms with Gasteiger partial charge in [-0.3, -0.25) is 14.9 Å². The smallest absolute Gasteiger partial charge is 0.352 e. The molecule has 0 radical (unpaired) electrons. The van der Waals surface area contributed by atoms with Gasteiger partial charge in [-0.15, -0.1) is 0 Å². The Balaban J connectivity index is 1.24. The minimum Gasteiger partial charge on any atom is -0.352 e. The summed E-state index contributed by atoms with van der Waals surface area (Å²) in [6.45, 7) is 0.125. The molecule has 2 aromatic rings. The van der Waals surface area contributed by atoms with Gasteiger partial charge >= 0.3 is 12.4 Å². The summed E-state index contributed by atoms with van der Waals surface area (Å²) in [5.74, 6) is -1.03. The number of benzene rings is 2. The molecule has 2 aliphatic rings. The number of carbonyl (C=O) groups excluding carboxylic acids is 2. The van der Waals surface area contributed by atoms with E-state index in [4.69, 9.17) is 0 Å². The third-order valence-electron chi connectivity index (χ3n) is 7.26. The molecule has 206 valence electrons. The topological polar surface area (TPSA) is 70.2 Å². The van der Waals surface area contributed by atoms with Gasteiger partial charge in [-0.05, 0) is 68.2 Å². The number of nitrogens with one attached hydrogen (secondary N) is 3. The molecule has 11 heteroatoms. The van der Waals surface area contributed by atoms with Crippen LogP contribution in [-0.2, 0) is 17.1 Å². The van der Waals surface area contributed by atoms with Crippen molar-refractivity contribution in [1.29, 1.82) is 0 Å². The van der Waals surface area contributed by atoms with E-state index < -0.39 is 35.0 Å². The van der Waals surface area contributed by atoms with Crippen molar-refractivity contribution in [3.8, 4) is 0 Å². The van der Waals surface area contributed by atoms with Crippen LogP contribution in [0.5, 0.6) is 0 Å². The van der Waals surface area contributed by atoms with Crippen LogP contribution >= 0.6 is 0 Å². The first-order valence-electron chi connectivity index (χ1n) is 12.6. The maximum atomic E-state index is 13.1. The number of halogens is 6. The molecule has 0 unspecified atom stereocenters. The second-order valence-corrected chi connectivity index (χ2v) is 9.99. The zero-order valence-corrected chi connectivity index (χ0v) is 20.5. The summed E-state index contributed by atoms with van der Waals surface area (Å²) in [6, 6.07) is 10.6. The Morgan fingerprint density at radius 2 is 1.42 bits per heavy atom. The lowest BCUT2D eigenvalue weighted by atomic mass is 9.85. The highest BCUT2D eigenvalue weighted by Crippen LogP contribution is 2.36. The summed E-state index contributed by atoms with van der Waals surface area (Å²) in [7, 11) is 0. The highest BCUT2D eigenvalue weighted by Gasteiger charge is 2.38. The molecule has 1 aliphatic carbocycles. The van der Waals surface area contributed by atoms with Crippen LogP contribution in [-0.4, -0.2) is 30.4 Å². The van der Waals surface area contributed by atoms with E-state index in [0.29, 0.717) is 37.8 Å². The minimum absolute atomic E-state index is 0.00470. The van der Waals surface area contributed by atoms with Gasteiger partial charge in [0.05, 0.1) is 17.2 Å². The number of carbonyl (C=O) groups is 2. The maximum absolute atomic E-state index is 13.1. The SMILES string of the molecule is O=C(NC[C@H]1CC[C@H](NC(=O)[C@@H]2CC[C@H](c3ccccc3)N2)CC1)c1cc(C(F)(F)F)cc(C(F)(F)F)c1. The highest BCUT2D eigenvalue weighted by atomic mass is 19.4. The summed E-state index contributed by atoms with van der Waals surface area (Å²) in [4.78, 5) is 25.2. The van der Waals surface area contributed by atoms with Crippen LogP contribution in [0.25, 0.3) is 0 Å². The fraction of sp³-hybridized carbons (Fsp3) is 0.481. The summed E-state index contributed by atoms with van der Waals surface area (Å²) >= 11 is 0. The van der Waals surface area contributed by atoms with Crippen LogP contribution in [0.15, 0.2) is 48.5 Å². The minimum atomic E-state index is -5.02. The fourth-order valence-electron chi connectivity index (χ4n) is 5.14. The van der Waals surface area contributed by atoms with Crippen LogP contribution in [0, 0.1) is 5.92 Å². The van der Waals surface area contributed by atoms with E-state index in [1.165, 1.54) is 0 Å². The quantitative estimate of drug-likeness (QED) is 0.416. The maximum Gasteiger partial charge on any atom is 0.416 e. The van der Waals surface area contributed by atoms with E-state index in [9.17, 15) is 35.9 Å². The number of hydrogen-bond acceptors (Lipinski definition) is 3. The summed E-state index contributed by atoms with van der Waals surface area (Å²) < 4.78 is 78.4. The fourth-order valence-corrected chi connectivity index (χ4v) is 5.14. The first-order valence-corrected chi connectivity index (χ1v) is 12.6. The Bertz CT molecular complexity index is 1100. The Hall–Kier alpha value is -3.08. The number of amides is 2. The molecule has 1 aliphatic heterocycles. The van der Waals surface area contributed by atoms with Gasteiger partial charge in [-0.2, -0.15) is 26.3 Å². The molecule has 5 nitrogen and oxygen atoms in total. The second kappa shape index (κ2) is 11.3. The second-order valence-electron chi connectivity index (χ2n) is 9.99. The average molecular weight is 542 g/mol. The van der Waals surface area contributed by atoms with E-state index >= 15 is 0 Å². The summed E-state index contributed by atoms with van der Waals surface area (Å²) in [6.07, 6.45) is -5.78. The lowest BCUT2D eigenvalue weighted by Gasteiger charge is -2.30. The lowest BCUT2D eigenvalue weighted by Crippen LogP contribution is -2.47. The number of hydrogen-bond donors (Lipinski definition) is 3. The van der Waals surface area contributed by atoms with Crippen molar-refractivity contribution < 1.29 is 35.9 Å². The largest absolute Gasteiger partial charge is 0.416 e. The highest BCUT2D eigenvalue weighted by molar-refractivity contribution is 5.94. The van der Waals surface area contributed by atoms with Crippen molar-refractivity contribution in [1.82, 2.24) is 16.0 Å². The van der Waals surface area contributed by atoms with Crippen LogP contribution in [0.3, 0.4) is 0 Å². The molecule has 1 saturated carbocycles. The van der Waals surface area contributed by atoms with Crippen molar-refractivity contribution in [2.75, 3.05) is 6.54 Å². The number of rotatable bonds is 6. The van der Waals surface area contributed by atoms with Gasteiger partial charge < -0.3 is 10.6 Å². The van der Waals surface area contributed by atoms with E-state index in [1.54, 1.807) is 0 Å². The van der Waals surface area contributed by atoms with E-state index in [0.717, 1.165) is 18.4 Å². The van der Waals surface area contributed by atoms with Gasteiger partial charge in [-0.1, -0.05) is 30.3 Å². The first-order chi connectivity index (χ1) is 17.9. The van der Waals surface area contributed by atoms with Crippen molar-refractivity contribution in [2.45, 2.75) is 69.0 Å². The molecule has 38 heavy (non-hydrogen) atoms. The molecule has 0 spiro atoms. The Kier molecular flexibility index (Phi) is 8.34. The van der Waals surface area contributed by atoms with Gasteiger partial charge in [0, 0.05) is 24.2 Å². The average Bonchev–Trinajstić information content (AvgIpc) is 3.38. The van der Waals surface area contributed by atoms with Gasteiger partial charge in [0.1, 0.15) is 0 Å². The molecule has 2 fully saturated rings. The normalized spacial score (nSPS) is 24.2. The molecule has 1 heterocycles. The van der Waals surface area contributed by atoms with Gasteiger partial charge in [0.25, 0.3) is 5.91 Å². The van der Waals surface area contributed by atoms with Crippen LogP contribution in [0.4, 0.5) is 26.3 Å². The van der Waals surface area contributed by atoms with Crippen molar-refractivity contribution in [3.63, 3.8) is 0 Å². The zero-order valence-electron chi connectivity index (χ0n) is 20.5. The molecular formula is C27H29F6N3O2. The van der Waals surface area contributed by atoms with E-state index in [2.05, 4.69) is 16.0 Å². The predicted molar refractivity (Wildman–Crippen MR) is 128 cm³/mol. The molecule has 0 aromatic heterocycles. The monoisotopic (exact) mass is 541 g/mol. The van der Waals surface area contributed by atoms with Gasteiger partial charge in [-0.25, -0.2) is 0 Å². The molecule has 2 aromatic carbocycles. The van der Waals surface area contributed by atoms with Crippen molar-refractivity contribution in [3.05, 3.63) is 70.8 Å². The Labute approximate surface area is 216 Å². The summed E-state index contributed by atoms with van der Waals surface area (Å²) in [5.41, 5.74) is -2.60. The van der Waals surface area contributed by atoms with Crippen LogP contribution in [0.1, 0.15) is 71.6 Å². The lowest BCUT2D eigenvalue weighted by molar-refractivity contribution is -0.143. The van der Waals surface area contributed by atoms with E-state index in [1.807, 2.05) is 30.3 Å². The Morgan fingerprint density at radius 1 is 0.816 bits per heavy atom. The standard InChI is InChI=1S/C27H29F6N3O2/c28-26(29,30)19-12-18(13-20(14-19)27(31,32)33)24(37)34-15-16-6-8-21(9-7-16)35-25(38)23-11-10-22(36-23)17-4-2-1-3-5-17/h1-5,12-14,16,21-23,36H,6-11,15H2,(H,34,37)(H,35,38)/t16-,21-,22-,23+/m1/s1. The van der Waals surface area contributed by atoms with Crippen molar-refractivity contribution >= 4 is 11.8 Å². The molecule has 4 rings (SSSR count). The van der Waals surface area contributed by atoms with Gasteiger partial charge in [0.2, 0.25) is 5.91 Å². The van der Waals surface area contributed by atoms with Crippen molar-refractivity contribution in [2.24, 2.45) is 5.92 Å². The molecule has 2 amide bonds. The molecular weight excluding hydrogens is 512 g/mol. The molecule has 1 saturated heterocycles. The molecule has 3 N–H and O–H groups in total. The Morgan fingerprint density at radius 3 is 2.00 bits per heavy atom. The predicted octanol–water partition coefficient (Wildman–Crippen LogP) is 5.62. The van der Waals surface area contributed by atoms with Crippen LogP contribution in [0.2, 0.25) is 0 Å². The first kappa shape index (κ1) is 27.9. The number of alkyl halides is 6. The van der Waals surface area contributed by atoms with Crippen LogP contribution < -0.4 is 16.0 Å². The van der Waals surface area contributed by atoms with E-state index in [-0.39, 0.29) is 42.6 Å². The zero-order chi connectivity index (χ0) is 27.5.